The Balaban J connectivity index is 2.17. The second-order valence-corrected chi connectivity index (χ2v) is 3.67. The summed E-state index contributed by atoms with van der Waals surface area (Å²) >= 11 is 0. The zero-order valence-corrected chi connectivity index (χ0v) is 9.88. The molecule has 8 nitrogen and oxygen atoms in total. The first-order valence-corrected chi connectivity index (χ1v) is 5.21. The molecule has 0 aromatic carbocycles. The Morgan fingerprint density at radius 3 is 2.78 bits per heavy atom. The molecule has 0 aliphatic rings. The molecule has 1 N–H and O–H groups in total. The maximum Gasteiger partial charge on any atom is 0.311 e. The third-order valence-corrected chi connectivity index (χ3v) is 2.19. The van der Waals surface area contributed by atoms with Crippen LogP contribution in [0.5, 0.6) is 0 Å². The molecule has 0 fully saturated rings. The van der Waals surface area contributed by atoms with Crippen molar-refractivity contribution in [3.8, 4) is 0 Å². The Hall–Kier alpha value is -2.51. The summed E-state index contributed by atoms with van der Waals surface area (Å²) in [5.74, 6) is 1.06. The number of nitrogens with zero attached hydrogens (tertiary/aromatic N) is 4. The second kappa shape index (κ2) is 4.78. The SMILES string of the molecule is Cc1ccc([N+](=O)[O-])c(NCc2nc(C)no2)n1. The average Bonchev–Trinajstić information content (AvgIpc) is 2.72. The van der Waals surface area contributed by atoms with Gasteiger partial charge in [0.2, 0.25) is 11.7 Å². The van der Waals surface area contributed by atoms with Crippen LogP contribution in [0.2, 0.25) is 0 Å². The van der Waals surface area contributed by atoms with Crippen molar-refractivity contribution in [2.45, 2.75) is 20.4 Å². The van der Waals surface area contributed by atoms with E-state index in [0.717, 1.165) is 0 Å². The predicted octanol–water partition coefficient (Wildman–Crippen LogP) is 1.60. The minimum atomic E-state index is -0.492. The van der Waals surface area contributed by atoms with Gasteiger partial charge in [-0.15, -0.1) is 0 Å². The van der Waals surface area contributed by atoms with E-state index in [-0.39, 0.29) is 18.1 Å². The number of nitro groups is 1. The summed E-state index contributed by atoms with van der Waals surface area (Å²) in [6, 6.07) is 2.99. The molecule has 0 unspecified atom stereocenters. The first-order valence-electron chi connectivity index (χ1n) is 5.21. The number of anilines is 1. The molecule has 8 heteroatoms. The lowest BCUT2D eigenvalue weighted by atomic mass is 10.3. The van der Waals surface area contributed by atoms with E-state index in [9.17, 15) is 10.1 Å². The van der Waals surface area contributed by atoms with Gasteiger partial charge in [0.25, 0.3) is 0 Å². The van der Waals surface area contributed by atoms with Crippen LogP contribution in [-0.4, -0.2) is 20.0 Å². The second-order valence-electron chi connectivity index (χ2n) is 3.67. The maximum absolute atomic E-state index is 10.8. The number of pyridine rings is 1. The molecule has 0 saturated carbocycles. The Bertz CT molecular complexity index is 581. The lowest BCUT2D eigenvalue weighted by molar-refractivity contribution is -0.384. The normalized spacial score (nSPS) is 10.3. The van der Waals surface area contributed by atoms with E-state index in [1.165, 1.54) is 6.07 Å². The zero-order chi connectivity index (χ0) is 13.1. The van der Waals surface area contributed by atoms with Crippen molar-refractivity contribution >= 4 is 11.5 Å². The first kappa shape index (κ1) is 12.0. The lowest BCUT2D eigenvalue weighted by Crippen LogP contribution is -2.05. The van der Waals surface area contributed by atoms with Gasteiger partial charge >= 0.3 is 5.69 Å². The number of hydrogen-bond acceptors (Lipinski definition) is 7. The monoisotopic (exact) mass is 249 g/mol. The number of hydrogen-bond donors (Lipinski definition) is 1. The Labute approximate surface area is 102 Å². The average molecular weight is 249 g/mol. The Kier molecular flexibility index (Phi) is 3.18. The summed E-state index contributed by atoms with van der Waals surface area (Å²) in [5, 5.41) is 17.3. The molecule has 0 aliphatic heterocycles. The Morgan fingerprint density at radius 2 is 2.17 bits per heavy atom. The van der Waals surface area contributed by atoms with Crippen LogP contribution >= 0.6 is 0 Å². The van der Waals surface area contributed by atoms with Crippen molar-refractivity contribution in [3.63, 3.8) is 0 Å². The van der Waals surface area contributed by atoms with Crippen LogP contribution in [0.4, 0.5) is 11.5 Å². The quantitative estimate of drug-likeness (QED) is 0.647. The van der Waals surface area contributed by atoms with Gasteiger partial charge in [-0.05, 0) is 19.9 Å². The molecule has 2 aromatic heterocycles. The molecule has 0 amide bonds. The van der Waals surface area contributed by atoms with E-state index in [4.69, 9.17) is 4.52 Å². The van der Waals surface area contributed by atoms with Gasteiger partial charge < -0.3 is 9.84 Å². The first-order chi connectivity index (χ1) is 8.56. The molecule has 0 aliphatic carbocycles. The maximum atomic E-state index is 10.8. The van der Waals surface area contributed by atoms with E-state index in [1.54, 1.807) is 19.9 Å². The van der Waals surface area contributed by atoms with Gasteiger partial charge in [-0.1, -0.05) is 5.16 Å². The van der Waals surface area contributed by atoms with Crippen molar-refractivity contribution in [1.29, 1.82) is 0 Å². The van der Waals surface area contributed by atoms with Crippen molar-refractivity contribution in [3.05, 3.63) is 39.7 Å². The predicted molar refractivity (Wildman–Crippen MR) is 62.0 cm³/mol. The highest BCUT2D eigenvalue weighted by molar-refractivity contribution is 5.55. The summed E-state index contributed by atoms with van der Waals surface area (Å²) in [6.07, 6.45) is 0. The molecule has 18 heavy (non-hydrogen) atoms. The van der Waals surface area contributed by atoms with Gasteiger partial charge in [0.15, 0.2) is 5.82 Å². The fraction of sp³-hybridized carbons (Fsp3) is 0.300. The summed E-state index contributed by atoms with van der Waals surface area (Å²) in [6.45, 7) is 3.64. The highest BCUT2D eigenvalue weighted by Gasteiger charge is 2.15. The molecule has 2 aromatic rings. The summed E-state index contributed by atoms with van der Waals surface area (Å²) in [7, 11) is 0. The van der Waals surface area contributed by atoms with E-state index >= 15 is 0 Å². The van der Waals surface area contributed by atoms with Crippen LogP contribution in [0.1, 0.15) is 17.4 Å². The van der Waals surface area contributed by atoms with E-state index in [0.29, 0.717) is 17.4 Å². The van der Waals surface area contributed by atoms with Crippen LogP contribution in [-0.2, 0) is 6.54 Å². The van der Waals surface area contributed by atoms with Gasteiger partial charge in [0.1, 0.15) is 0 Å². The summed E-state index contributed by atoms with van der Waals surface area (Å²) in [5.41, 5.74) is 0.599. The smallest absolute Gasteiger partial charge is 0.311 e. The van der Waals surface area contributed by atoms with Gasteiger partial charge in [-0.3, -0.25) is 10.1 Å². The van der Waals surface area contributed by atoms with Crippen molar-refractivity contribution < 1.29 is 9.45 Å². The molecule has 0 saturated heterocycles. The van der Waals surface area contributed by atoms with Crippen LogP contribution in [0, 0.1) is 24.0 Å². The van der Waals surface area contributed by atoms with Gasteiger partial charge in [-0.2, -0.15) is 4.98 Å². The summed E-state index contributed by atoms with van der Waals surface area (Å²) in [4.78, 5) is 18.4. The number of rotatable bonds is 4. The molecule has 0 radical (unpaired) electrons. The van der Waals surface area contributed by atoms with Gasteiger partial charge in [0.05, 0.1) is 11.5 Å². The number of nitrogens with one attached hydrogen (secondary N) is 1. The van der Waals surface area contributed by atoms with Crippen molar-refractivity contribution in [2.75, 3.05) is 5.32 Å². The van der Waals surface area contributed by atoms with E-state index in [2.05, 4.69) is 20.4 Å². The molecule has 0 bridgehead atoms. The van der Waals surface area contributed by atoms with Gasteiger partial charge in [0, 0.05) is 11.8 Å². The third kappa shape index (κ3) is 2.59. The molecule has 2 rings (SSSR count). The zero-order valence-electron chi connectivity index (χ0n) is 9.88. The third-order valence-electron chi connectivity index (χ3n) is 2.19. The highest BCUT2D eigenvalue weighted by Crippen LogP contribution is 2.22. The van der Waals surface area contributed by atoms with Crippen molar-refractivity contribution in [2.24, 2.45) is 0 Å². The topological polar surface area (TPSA) is 107 Å². The van der Waals surface area contributed by atoms with Gasteiger partial charge in [-0.25, -0.2) is 4.98 Å². The van der Waals surface area contributed by atoms with Crippen LogP contribution in [0.25, 0.3) is 0 Å². The molecule has 2 heterocycles. The fourth-order valence-corrected chi connectivity index (χ4v) is 1.40. The minimum Gasteiger partial charge on any atom is -0.355 e. The van der Waals surface area contributed by atoms with E-state index in [1.807, 2.05) is 0 Å². The molecular formula is C10H11N5O3. The Morgan fingerprint density at radius 1 is 1.39 bits per heavy atom. The fourth-order valence-electron chi connectivity index (χ4n) is 1.40. The lowest BCUT2D eigenvalue weighted by Gasteiger charge is -2.04. The minimum absolute atomic E-state index is 0.0863. The summed E-state index contributed by atoms with van der Waals surface area (Å²) < 4.78 is 4.90. The molecule has 0 atom stereocenters. The molecule has 94 valence electrons. The molecule has 0 spiro atoms. The largest absolute Gasteiger partial charge is 0.355 e. The standard InChI is InChI=1S/C10H11N5O3/c1-6-3-4-8(15(16)17)10(12-6)11-5-9-13-7(2)14-18-9/h3-4H,5H2,1-2H3,(H,11,12). The molecular weight excluding hydrogens is 238 g/mol. The van der Waals surface area contributed by atoms with Crippen LogP contribution < -0.4 is 5.32 Å². The number of aromatic nitrogens is 3. The number of aryl methyl sites for hydroxylation is 2. The van der Waals surface area contributed by atoms with Crippen molar-refractivity contribution in [1.82, 2.24) is 15.1 Å². The van der Waals surface area contributed by atoms with Crippen LogP contribution in [0.3, 0.4) is 0 Å². The van der Waals surface area contributed by atoms with Crippen LogP contribution in [0.15, 0.2) is 16.7 Å². The highest BCUT2D eigenvalue weighted by atomic mass is 16.6. The van der Waals surface area contributed by atoms with E-state index < -0.39 is 4.92 Å².